The molecule has 0 radical (unpaired) electrons. The van der Waals surface area contributed by atoms with Gasteiger partial charge >= 0.3 is 16.4 Å². The molecule has 61 heavy (non-hydrogen) atoms. The van der Waals surface area contributed by atoms with Crippen molar-refractivity contribution in [1.29, 1.82) is 0 Å². The smallest absolute Gasteiger partial charge is 0.397 e. The Labute approximate surface area is 350 Å². The standard InChI is InChI=1S/C32H28ClN9O15S4/c1-42(19-5-4-6-21(15-19)58(46,47)14-13-57-61(54,55)56)32-36-30(33)35-31(37-32)34-25-16-22(60(51,52)53)17-26(27(25)43)39-41-28(18-9-11-20(12-10-18)59(48,49)50)40-38-24-8-3-2-7-23(24)29(44)45/h2-12,15-17,38,43H,13-14H2,1H3,(H,44,45)(H,48,49,50)(H,51,52,53)(H,54,55,56)(H,34,35,36,37). The van der Waals surface area contributed by atoms with E-state index in [1.807, 2.05) is 0 Å². The van der Waals surface area contributed by atoms with Gasteiger partial charge in [-0.1, -0.05) is 18.2 Å². The number of hydrogen-bond donors (Lipinski definition) is 7. The minimum atomic E-state index is -5.04. The van der Waals surface area contributed by atoms with Crippen LogP contribution in [-0.4, -0.2) is 104 Å². The van der Waals surface area contributed by atoms with E-state index in [4.69, 9.17) is 16.2 Å². The van der Waals surface area contributed by atoms with E-state index in [0.717, 1.165) is 30.3 Å². The molecule has 5 rings (SSSR count). The van der Waals surface area contributed by atoms with Gasteiger partial charge in [-0.05, 0) is 78.3 Å². The number of amidine groups is 1. The highest BCUT2D eigenvalue weighted by molar-refractivity contribution is 7.91. The number of hydrogen-bond acceptors (Lipinski definition) is 19. The van der Waals surface area contributed by atoms with Crippen molar-refractivity contribution in [2.45, 2.75) is 14.7 Å². The van der Waals surface area contributed by atoms with Gasteiger partial charge < -0.3 is 20.4 Å². The molecule has 0 spiro atoms. The summed E-state index contributed by atoms with van der Waals surface area (Å²) in [5, 5.41) is 34.8. The number of phenolic OH excluding ortho intramolecular Hbond substituents is 1. The van der Waals surface area contributed by atoms with Gasteiger partial charge in [-0.3, -0.25) is 19.1 Å². The van der Waals surface area contributed by atoms with Gasteiger partial charge in [0, 0.05) is 18.3 Å². The minimum Gasteiger partial charge on any atom is -0.504 e. The monoisotopic (exact) mass is 941 g/mol. The van der Waals surface area contributed by atoms with Crippen LogP contribution >= 0.6 is 11.6 Å². The molecule has 1 aromatic heterocycles. The predicted molar refractivity (Wildman–Crippen MR) is 214 cm³/mol. The number of azo groups is 1. The van der Waals surface area contributed by atoms with Crippen LogP contribution in [-0.2, 0) is 44.7 Å². The maximum atomic E-state index is 12.8. The van der Waals surface area contributed by atoms with Crippen molar-refractivity contribution >= 4 is 98.5 Å². The topological polar surface area (TPSA) is 367 Å². The second-order valence-corrected chi connectivity index (χ2v) is 18.3. The van der Waals surface area contributed by atoms with Gasteiger partial charge in [0.05, 0.1) is 44.0 Å². The zero-order valence-corrected chi connectivity index (χ0v) is 34.5. The van der Waals surface area contributed by atoms with Crippen molar-refractivity contribution in [3.63, 3.8) is 0 Å². The number of hydrazone groups is 1. The number of carboxylic acid groups (broad SMARTS) is 1. The Hall–Kier alpha value is -6.24. The van der Waals surface area contributed by atoms with Crippen LogP contribution < -0.4 is 15.6 Å². The molecule has 0 aliphatic heterocycles. The highest BCUT2D eigenvalue weighted by atomic mass is 35.5. The summed E-state index contributed by atoms with van der Waals surface area (Å²) in [4.78, 5) is 23.4. The summed E-state index contributed by atoms with van der Waals surface area (Å²) >= 11 is 6.16. The molecule has 24 nitrogen and oxygen atoms in total. The van der Waals surface area contributed by atoms with E-state index < -0.39 is 103 Å². The first kappa shape index (κ1) is 45.8. The fourth-order valence-electron chi connectivity index (χ4n) is 4.85. The summed E-state index contributed by atoms with van der Waals surface area (Å²) in [6.07, 6.45) is 0. The lowest BCUT2D eigenvalue weighted by Gasteiger charge is -2.19. The van der Waals surface area contributed by atoms with E-state index in [9.17, 15) is 57.8 Å². The molecular formula is C32H28ClN9O15S4. The van der Waals surface area contributed by atoms with Gasteiger partial charge in [0.2, 0.25) is 23.0 Å². The molecule has 0 saturated heterocycles. The molecule has 0 saturated carbocycles. The lowest BCUT2D eigenvalue weighted by atomic mass is 10.2. The molecule has 0 unspecified atom stereocenters. The lowest BCUT2D eigenvalue weighted by molar-refractivity contribution is 0.0697. The summed E-state index contributed by atoms with van der Waals surface area (Å²) < 4.78 is 127. The van der Waals surface area contributed by atoms with E-state index in [1.54, 1.807) is 0 Å². The number of aromatic nitrogens is 3. The molecule has 0 atom stereocenters. The molecule has 29 heteroatoms. The van der Waals surface area contributed by atoms with Crippen LogP contribution in [0.5, 0.6) is 5.75 Å². The van der Waals surface area contributed by atoms with Crippen molar-refractivity contribution in [1.82, 2.24) is 15.0 Å². The van der Waals surface area contributed by atoms with E-state index in [2.05, 4.69) is 45.2 Å². The number of benzene rings is 4. The Balaban J connectivity index is 1.51. The van der Waals surface area contributed by atoms with Crippen molar-refractivity contribution < 1.29 is 66.5 Å². The summed E-state index contributed by atoms with van der Waals surface area (Å²) in [5.41, 5.74) is 1.27. The first-order chi connectivity index (χ1) is 28.4. The molecule has 0 bridgehead atoms. The zero-order valence-electron chi connectivity index (χ0n) is 30.5. The fraction of sp³-hybridized carbons (Fsp3) is 0.0938. The van der Waals surface area contributed by atoms with E-state index in [-0.39, 0.29) is 33.3 Å². The maximum absolute atomic E-state index is 12.8. The third-order valence-corrected chi connectivity index (χ3v) is 11.8. The van der Waals surface area contributed by atoms with Gasteiger partial charge in [0.15, 0.2) is 15.6 Å². The highest BCUT2D eigenvalue weighted by Crippen LogP contribution is 2.39. The van der Waals surface area contributed by atoms with Crippen LogP contribution in [0.2, 0.25) is 5.28 Å². The number of aromatic carboxylic acids is 1. The molecular weight excluding hydrogens is 914 g/mol. The number of rotatable bonds is 16. The Morgan fingerprint density at radius 3 is 2.11 bits per heavy atom. The van der Waals surface area contributed by atoms with Gasteiger partial charge in [0.25, 0.3) is 20.2 Å². The molecule has 322 valence electrons. The highest BCUT2D eigenvalue weighted by Gasteiger charge is 2.22. The second-order valence-electron chi connectivity index (χ2n) is 11.9. The van der Waals surface area contributed by atoms with Crippen molar-refractivity contribution in [2.24, 2.45) is 15.3 Å². The average molecular weight is 942 g/mol. The number of aromatic hydroxyl groups is 1. The van der Waals surface area contributed by atoms with Crippen LogP contribution in [0.15, 0.2) is 115 Å². The lowest BCUT2D eigenvalue weighted by Crippen LogP contribution is -2.17. The third kappa shape index (κ3) is 12.2. The predicted octanol–water partition coefficient (Wildman–Crippen LogP) is 4.08. The molecule has 0 fully saturated rings. The number of carbonyl (C=O) groups is 1. The normalized spacial score (nSPS) is 12.6. The van der Waals surface area contributed by atoms with E-state index >= 15 is 0 Å². The summed E-state index contributed by atoms with van der Waals surface area (Å²) in [5.74, 6) is -4.07. The number of halogens is 1. The first-order valence-electron chi connectivity index (χ1n) is 16.3. The summed E-state index contributed by atoms with van der Waals surface area (Å²) in [6.45, 7) is -0.878. The van der Waals surface area contributed by atoms with Crippen LogP contribution in [0.25, 0.3) is 0 Å². The molecule has 1 heterocycles. The number of phenols is 1. The Bertz CT molecular complexity index is 3030. The minimum absolute atomic E-state index is 0.00556. The molecule has 0 aliphatic rings. The quantitative estimate of drug-likeness (QED) is 0.0183. The summed E-state index contributed by atoms with van der Waals surface area (Å²) in [6, 6.07) is 16.4. The van der Waals surface area contributed by atoms with E-state index in [1.165, 1.54) is 60.5 Å². The average Bonchev–Trinajstić information content (AvgIpc) is 3.17. The van der Waals surface area contributed by atoms with E-state index in [0.29, 0.717) is 6.07 Å². The molecule has 5 aromatic rings. The molecule has 0 amide bonds. The maximum Gasteiger partial charge on any atom is 0.397 e. The number of anilines is 5. The third-order valence-electron chi connectivity index (χ3n) is 7.75. The number of para-hydroxylation sites is 1. The molecule has 0 aliphatic carbocycles. The summed E-state index contributed by atoms with van der Waals surface area (Å²) in [7, 11) is -17.3. The van der Waals surface area contributed by atoms with Gasteiger partial charge in [-0.2, -0.15) is 45.3 Å². The number of carboxylic acids is 1. The van der Waals surface area contributed by atoms with Crippen molar-refractivity contribution in [2.75, 3.05) is 35.0 Å². The Kier molecular flexibility index (Phi) is 13.7. The van der Waals surface area contributed by atoms with Gasteiger partial charge in [0.1, 0.15) is 5.69 Å². The van der Waals surface area contributed by atoms with Crippen molar-refractivity contribution in [3.05, 3.63) is 101 Å². The van der Waals surface area contributed by atoms with Crippen LogP contribution in [0.1, 0.15) is 15.9 Å². The van der Waals surface area contributed by atoms with Gasteiger partial charge in [-0.15, -0.1) is 10.2 Å². The Morgan fingerprint density at radius 1 is 0.803 bits per heavy atom. The largest absolute Gasteiger partial charge is 0.504 e. The molecule has 7 N–H and O–H groups in total. The van der Waals surface area contributed by atoms with Crippen LogP contribution in [0, 0.1) is 0 Å². The Morgan fingerprint density at radius 2 is 1.48 bits per heavy atom. The second kappa shape index (κ2) is 18.2. The van der Waals surface area contributed by atoms with Crippen LogP contribution in [0.4, 0.5) is 34.6 Å². The fourth-order valence-corrected chi connectivity index (χ4v) is 7.54. The first-order valence-corrected chi connectivity index (χ1v) is 22.6. The number of nitrogens with one attached hydrogen (secondary N) is 2. The number of sulfone groups is 1. The molecule has 4 aromatic carbocycles. The zero-order chi connectivity index (χ0) is 44.9. The van der Waals surface area contributed by atoms with Gasteiger partial charge in [-0.25, -0.2) is 17.4 Å². The van der Waals surface area contributed by atoms with Crippen LogP contribution in [0.3, 0.4) is 0 Å². The SMILES string of the molecule is CN(c1cccc(S(=O)(=O)CCOS(=O)(=O)O)c1)c1nc(Cl)nc(Nc2cc(S(=O)(=O)O)cc(N=NC(=NNc3ccccc3C(=O)O)c3ccc(S(=O)(=O)O)cc3)c2O)n1. The van der Waals surface area contributed by atoms with Crippen molar-refractivity contribution in [3.8, 4) is 5.75 Å². The number of nitrogens with zero attached hydrogens (tertiary/aromatic N) is 7.